The number of nitrogens with one attached hydrogen (secondary N) is 2. The van der Waals surface area contributed by atoms with Crippen molar-refractivity contribution in [1.29, 1.82) is 0 Å². The molecule has 0 saturated heterocycles. The molecule has 1 aliphatic heterocycles. The lowest BCUT2D eigenvalue weighted by molar-refractivity contribution is -0.134. The fraction of sp³-hybridized carbons (Fsp3) is 0.568. The summed E-state index contributed by atoms with van der Waals surface area (Å²) in [5, 5.41) is 17.9. The molecule has 47 heavy (non-hydrogen) atoms. The van der Waals surface area contributed by atoms with Crippen LogP contribution < -0.4 is 10.6 Å². The lowest BCUT2D eigenvalue weighted by atomic mass is 9.69. The number of tetrazole rings is 1. The van der Waals surface area contributed by atoms with Crippen LogP contribution in [0.4, 0.5) is 0 Å². The Morgan fingerprint density at radius 1 is 1.02 bits per heavy atom. The van der Waals surface area contributed by atoms with Crippen molar-refractivity contribution in [3.63, 3.8) is 0 Å². The van der Waals surface area contributed by atoms with E-state index in [-0.39, 0.29) is 35.2 Å². The minimum atomic E-state index is -0.588. The van der Waals surface area contributed by atoms with Gasteiger partial charge in [0.2, 0.25) is 0 Å². The number of aliphatic imine (C=N–C) groups is 1. The van der Waals surface area contributed by atoms with E-state index in [4.69, 9.17) is 4.99 Å². The van der Waals surface area contributed by atoms with Crippen molar-refractivity contribution >= 4 is 31.4 Å². The van der Waals surface area contributed by atoms with Crippen LogP contribution >= 0.6 is 8.58 Å². The average Bonchev–Trinajstić information content (AvgIpc) is 3.63. The third kappa shape index (κ3) is 8.35. The van der Waals surface area contributed by atoms with Crippen molar-refractivity contribution in [1.82, 2.24) is 30.8 Å². The summed E-state index contributed by atoms with van der Waals surface area (Å²) >= 11 is 0. The Hall–Kier alpha value is -3.45. The highest BCUT2D eigenvalue weighted by Crippen LogP contribution is 2.50. The highest BCUT2D eigenvalue weighted by atomic mass is 31.1. The molecular weight excluding hydrogens is 605 g/mol. The van der Waals surface area contributed by atoms with Gasteiger partial charge in [0.15, 0.2) is 5.82 Å². The molecule has 2 atom stereocenters. The summed E-state index contributed by atoms with van der Waals surface area (Å²) < 4.78 is 0. The maximum atomic E-state index is 14.7. The van der Waals surface area contributed by atoms with Crippen LogP contribution in [-0.4, -0.2) is 54.4 Å². The van der Waals surface area contributed by atoms with Gasteiger partial charge in [-0.3, -0.25) is 14.6 Å². The van der Waals surface area contributed by atoms with Gasteiger partial charge in [-0.05, 0) is 83.9 Å². The Balaban J connectivity index is 1.49. The number of benzene rings is 2. The first-order valence-corrected chi connectivity index (χ1v) is 18.1. The van der Waals surface area contributed by atoms with Gasteiger partial charge in [-0.25, -0.2) is 0 Å². The van der Waals surface area contributed by atoms with E-state index in [1.165, 1.54) is 5.30 Å². The molecule has 1 aromatic heterocycles. The molecule has 1 saturated carbocycles. The lowest BCUT2D eigenvalue weighted by Crippen LogP contribution is -2.51. The van der Waals surface area contributed by atoms with Gasteiger partial charge in [-0.15, -0.1) is 10.2 Å². The van der Waals surface area contributed by atoms with E-state index in [1.54, 1.807) is 0 Å². The molecule has 1 spiro atoms. The van der Waals surface area contributed by atoms with E-state index < -0.39 is 5.66 Å². The Bertz CT molecular complexity index is 1540. The Labute approximate surface area is 282 Å². The van der Waals surface area contributed by atoms with Crippen molar-refractivity contribution in [3.8, 4) is 0 Å². The van der Waals surface area contributed by atoms with Crippen LogP contribution in [-0.2, 0) is 11.3 Å². The molecule has 2 heterocycles. The fourth-order valence-electron chi connectivity index (χ4n) is 6.98. The third-order valence-electron chi connectivity index (χ3n) is 9.65. The standard InChI is InChI=1S/C37H52N7O2P/c1-24(2)47-29-15-13-26(14-16-29)32-34(46)44(37(39-32)21-17-28(18-22-37)36(6,7)8)30(19-20-35(3,4)5)25-9-11-27(12-10-25)33(45)38-23-31-40-42-43-41-31/h9-16,24,28,30,47H,17-23H2,1-8H3,(H,38,45)(H,40,41,42,43). The molecule has 252 valence electrons. The Morgan fingerprint density at radius 2 is 1.68 bits per heavy atom. The molecule has 2 aromatic carbocycles. The van der Waals surface area contributed by atoms with E-state index >= 15 is 0 Å². The van der Waals surface area contributed by atoms with Crippen LogP contribution in [0.5, 0.6) is 0 Å². The first kappa shape index (κ1) is 34.9. The summed E-state index contributed by atoms with van der Waals surface area (Å²) in [6, 6.07) is 16.1. The van der Waals surface area contributed by atoms with E-state index in [1.807, 2.05) is 24.3 Å². The molecule has 2 aliphatic rings. The van der Waals surface area contributed by atoms with Gasteiger partial charge in [0, 0.05) is 11.1 Å². The van der Waals surface area contributed by atoms with Gasteiger partial charge in [-0.1, -0.05) is 106 Å². The third-order valence-corrected chi connectivity index (χ3v) is 10.9. The molecule has 5 rings (SSSR count). The zero-order valence-corrected chi connectivity index (χ0v) is 30.4. The molecule has 1 aliphatic carbocycles. The second-order valence-electron chi connectivity index (χ2n) is 15.9. The molecule has 2 unspecified atom stereocenters. The van der Waals surface area contributed by atoms with Gasteiger partial charge >= 0.3 is 0 Å². The molecule has 0 radical (unpaired) electrons. The first-order valence-electron chi connectivity index (χ1n) is 17.1. The number of carbonyl (C=O) groups excluding carboxylic acids is 2. The second kappa shape index (κ2) is 14.0. The normalized spacial score (nSPS) is 21.2. The molecular formula is C37H52N7O2P. The number of hydrogen-bond acceptors (Lipinski definition) is 6. The number of rotatable bonds is 10. The van der Waals surface area contributed by atoms with Crippen LogP contribution in [0.3, 0.4) is 0 Å². The summed E-state index contributed by atoms with van der Waals surface area (Å²) in [6.45, 7) is 18.4. The maximum Gasteiger partial charge on any atom is 0.275 e. The van der Waals surface area contributed by atoms with Crippen LogP contribution in [0.2, 0.25) is 0 Å². The van der Waals surface area contributed by atoms with Gasteiger partial charge in [0.25, 0.3) is 11.8 Å². The van der Waals surface area contributed by atoms with E-state index in [0.29, 0.717) is 28.7 Å². The first-order chi connectivity index (χ1) is 22.1. The molecule has 0 bridgehead atoms. The summed E-state index contributed by atoms with van der Waals surface area (Å²) in [4.78, 5) is 35.2. The lowest BCUT2D eigenvalue weighted by Gasteiger charge is -2.47. The minimum absolute atomic E-state index is 0.0131. The number of nitrogens with zero attached hydrogens (tertiary/aromatic N) is 5. The molecule has 2 amide bonds. The van der Waals surface area contributed by atoms with Gasteiger partial charge in [-0.2, -0.15) is 5.21 Å². The minimum Gasteiger partial charge on any atom is -0.345 e. The molecule has 9 nitrogen and oxygen atoms in total. The van der Waals surface area contributed by atoms with Crippen LogP contribution in [0, 0.1) is 16.7 Å². The average molecular weight is 658 g/mol. The highest BCUT2D eigenvalue weighted by molar-refractivity contribution is 7.47. The summed E-state index contributed by atoms with van der Waals surface area (Å²) in [6.07, 6.45) is 5.50. The van der Waals surface area contributed by atoms with Crippen molar-refractivity contribution in [2.75, 3.05) is 0 Å². The predicted octanol–water partition coefficient (Wildman–Crippen LogP) is 6.97. The van der Waals surface area contributed by atoms with Gasteiger partial charge < -0.3 is 10.2 Å². The molecule has 3 aromatic rings. The largest absolute Gasteiger partial charge is 0.345 e. The van der Waals surface area contributed by atoms with Gasteiger partial charge in [0.1, 0.15) is 11.4 Å². The topological polar surface area (TPSA) is 116 Å². The molecule has 1 fully saturated rings. The zero-order chi connectivity index (χ0) is 34.0. The summed E-state index contributed by atoms with van der Waals surface area (Å²) in [5.41, 5.74) is 3.35. The molecule has 2 N–H and O–H groups in total. The van der Waals surface area contributed by atoms with Crippen molar-refractivity contribution in [2.24, 2.45) is 21.7 Å². The predicted molar refractivity (Wildman–Crippen MR) is 190 cm³/mol. The highest BCUT2D eigenvalue weighted by Gasteiger charge is 2.52. The number of amides is 2. The summed E-state index contributed by atoms with van der Waals surface area (Å²) in [5.74, 6) is 0.800. The van der Waals surface area contributed by atoms with Crippen molar-refractivity contribution in [2.45, 2.75) is 118 Å². The number of aromatic nitrogens is 4. The number of carbonyl (C=O) groups is 2. The number of aromatic amines is 1. The SMILES string of the molecule is CC(C)Pc1ccc(C2=NC3(CCC(C(C)(C)C)CC3)N(C(CCC(C)(C)C)c3ccc(C(=O)NCc4nn[nH]n4)cc3)C2=O)cc1. The smallest absolute Gasteiger partial charge is 0.275 e. The van der Waals surface area contributed by atoms with E-state index in [9.17, 15) is 9.59 Å². The summed E-state index contributed by atoms with van der Waals surface area (Å²) in [7, 11) is 0.734. The quantitative estimate of drug-likeness (QED) is 0.229. The van der Waals surface area contributed by atoms with E-state index in [2.05, 4.69) is 110 Å². The molecule has 10 heteroatoms. The van der Waals surface area contributed by atoms with Crippen LogP contribution in [0.15, 0.2) is 53.5 Å². The fourth-order valence-corrected chi connectivity index (χ4v) is 8.00. The number of hydrogen-bond donors (Lipinski definition) is 2. The Morgan fingerprint density at radius 3 is 2.23 bits per heavy atom. The van der Waals surface area contributed by atoms with Crippen LogP contribution in [0.25, 0.3) is 0 Å². The Kier molecular flexibility index (Phi) is 10.4. The van der Waals surface area contributed by atoms with Gasteiger partial charge in [0.05, 0.1) is 12.6 Å². The number of H-pyrrole nitrogens is 1. The van der Waals surface area contributed by atoms with E-state index in [0.717, 1.165) is 58.2 Å². The maximum absolute atomic E-state index is 14.7. The van der Waals surface area contributed by atoms with Crippen LogP contribution in [0.1, 0.15) is 127 Å². The second-order valence-corrected chi connectivity index (χ2v) is 17.9. The van der Waals surface area contributed by atoms with Crippen molar-refractivity contribution < 1.29 is 9.59 Å². The zero-order valence-electron chi connectivity index (χ0n) is 29.4. The monoisotopic (exact) mass is 657 g/mol. The van der Waals surface area contributed by atoms with Crippen molar-refractivity contribution in [3.05, 3.63) is 71.0 Å².